The number of carbonyl (C=O) groups is 1. The third-order valence-electron chi connectivity index (χ3n) is 6.22. The smallest absolute Gasteiger partial charge is 0.221 e. The molecule has 1 aliphatic heterocycles. The van der Waals surface area contributed by atoms with Gasteiger partial charge in [0.05, 0.1) is 0 Å². The highest BCUT2D eigenvalue weighted by atomic mass is 16.1. The van der Waals surface area contributed by atoms with E-state index in [-0.39, 0.29) is 5.91 Å². The zero-order valence-electron chi connectivity index (χ0n) is 15.3. The molecule has 5 heteroatoms. The Morgan fingerprint density at radius 3 is 2.58 bits per heavy atom. The molecule has 3 fully saturated rings. The van der Waals surface area contributed by atoms with Gasteiger partial charge >= 0.3 is 0 Å². The SMILES string of the molecule is CN=C(NCCC(=O)NC1CCCC1)N1CCC2(CCCCC2)C1. The summed E-state index contributed by atoms with van der Waals surface area (Å²) in [5.74, 6) is 1.15. The molecule has 1 spiro atoms. The molecule has 0 atom stereocenters. The van der Waals surface area contributed by atoms with Gasteiger partial charge in [0.25, 0.3) is 0 Å². The molecule has 3 rings (SSSR count). The fraction of sp³-hybridized carbons (Fsp3) is 0.895. The zero-order valence-corrected chi connectivity index (χ0v) is 15.3. The quantitative estimate of drug-likeness (QED) is 0.614. The maximum atomic E-state index is 12.0. The van der Waals surface area contributed by atoms with Gasteiger partial charge in [-0.3, -0.25) is 9.79 Å². The lowest BCUT2D eigenvalue weighted by Crippen LogP contribution is -2.43. The van der Waals surface area contributed by atoms with Crippen molar-refractivity contribution in [3.63, 3.8) is 0 Å². The number of carbonyl (C=O) groups excluding carboxylic acids is 1. The van der Waals surface area contributed by atoms with E-state index < -0.39 is 0 Å². The van der Waals surface area contributed by atoms with E-state index in [0.717, 1.165) is 31.9 Å². The topological polar surface area (TPSA) is 56.7 Å². The molecule has 0 unspecified atom stereocenters. The minimum atomic E-state index is 0.176. The predicted octanol–water partition coefficient (Wildman–Crippen LogP) is 2.67. The third kappa shape index (κ3) is 4.42. The molecule has 0 bridgehead atoms. The van der Waals surface area contributed by atoms with Crippen molar-refractivity contribution in [2.75, 3.05) is 26.7 Å². The standard InChI is InChI=1S/C19H34N4O/c1-20-18(21-13-9-17(24)22-16-7-3-4-8-16)23-14-12-19(15-23)10-5-2-6-11-19/h16H,2-15H2,1H3,(H,20,21)(H,22,24). The van der Waals surface area contributed by atoms with Gasteiger partial charge in [-0.15, -0.1) is 0 Å². The summed E-state index contributed by atoms with van der Waals surface area (Å²) in [7, 11) is 1.85. The maximum Gasteiger partial charge on any atom is 0.221 e. The number of rotatable bonds is 4. The van der Waals surface area contributed by atoms with Crippen LogP contribution in [0.15, 0.2) is 4.99 Å². The first-order chi connectivity index (χ1) is 11.7. The maximum absolute atomic E-state index is 12.0. The lowest BCUT2D eigenvalue weighted by Gasteiger charge is -2.33. The molecular formula is C19H34N4O. The first kappa shape index (κ1) is 17.6. The summed E-state index contributed by atoms with van der Waals surface area (Å²) in [5.41, 5.74) is 0.537. The van der Waals surface area contributed by atoms with Crippen molar-refractivity contribution >= 4 is 11.9 Å². The van der Waals surface area contributed by atoms with E-state index in [4.69, 9.17) is 0 Å². The molecule has 0 aromatic rings. The molecule has 1 amide bonds. The lowest BCUT2D eigenvalue weighted by molar-refractivity contribution is -0.121. The number of hydrogen-bond acceptors (Lipinski definition) is 2. The van der Waals surface area contributed by atoms with E-state index in [1.54, 1.807) is 0 Å². The Bertz CT molecular complexity index is 450. The van der Waals surface area contributed by atoms with Crippen LogP contribution in [0.1, 0.15) is 70.6 Å². The molecule has 0 aromatic heterocycles. The Morgan fingerprint density at radius 1 is 1.12 bits per heavy atom. The molecule has 1 saturated heterocycles. The molecule has 136 valence electrons. The van der Waals surface area contributed by atoms with Crippen LogP contribution in [-0.4, -0.2) is 49.5 Å². The molecule has 1 heterocycles. The number of hydrogen-bond donors (Lipinski definition) is 2. The normalized spacial score (nSPS) is 24.5. The summed E-state index contributed by atoms with van der Waals surface area (Å²) >= 11 is 0. The number of aliphatic imine (C=N–C) groups is 1. The molecule has 0 aromatic carbocycles. The van der Waals surface area contributed by atoms with Crippen LogP contribution in [0.25, 0.3) is 0 Å². The van der Waals surface area contributed by atoms with Gasteiger partial charge in [-0.05, 0) is 37.5 Å². The highest BCUT2D eigenvalue weighted by molar-refractivity contribution is 5.81. The molecule has 3 aliphatic rings. The summed E-state index contributed by atoms with van der Waals surface area (Å²) < 4.78 is 0. The summed E-state index contributed by atoms with van der Waals surface area (Å²) in [5, 5.41) is 6.56. The fourth-order valence-corrected chi connectivity index (χ4v) is 4.82. The predicted molar refractivity (Wildman–Crippen MR) is 98.1 cm³/mol. The van der Waals surface area contributed by atoms with Crippen molar-refractivity contribution in [1.29, 1.82) is 0 Å². The number of amides is 1. The first-order valence-electron chi connectivity index (χ1n) is 9.96. The van der Waals surface area contributed by atoms with Crippen LogP contribution in [0.3, 0.4) is 0 Å². The largest absolute Gasteiger partial charge is 0.356 e. The van der Waals surface area contributed by atoms with E-state index in [9.17, 15) is 4.79 Å². The monoisotopic (exact) mass is 334 g/mol. The van der Waals surface area contributed by atoms with Crippen LogP contribution in [0.2, 0.25) is 0 Å². The van der Waals surface area contributed by atoms with Crippen molar-refractivity contribution in [3.8, 4) is 0 Å². The minimum Gasteiger partial charge on any atom is -0.356 e. The fourth-order valence-electron chi connectivity index (χ4n) is 4.82. The Morgan fingerprint density at radius 2 is 1.88 bits per heavy atom. The zero-order chi connectivity index (χ0) is 16.8. The van der Waals surface area contributed by atoms with Gasteiger partial charge in [-0.25, -0.2) is 0 Å². The van der Waals surface area contributed by atoms with Gasteiger partial charge < -0.3 is 15.5 Å². The second kappa shape index (κ2) is 8.21. The highest BCUT2D eigenvalue weighted by Gasteiger charge is 2.39. The first-order valence-corrected chi connectivity index (χ1v) is 9.96. The second-order valence-corrected chi connectivity index (χ2v) is 8.01. The average molecular weight is 335 g/mol. The molecule has 5 nitrogen and oxygen atoms in total. The molecule has 0 radical (unpaired) electrons. The Kier molecular flexibility index (Phi) is 6.01. The van der Waals surface area contributed by atoms with Crippen LogP contribution >= 0.6 is 0 Å². The second-order valence-electron chi connectivity index (χ2n) is 8.01. The van der Waals surface area contributed by atoms with Crippen LogP contribution in [-0.2, 0) is 4.79 Å². The highest BCUT2D eigenvalue weighted by Crippen LogP contribution is 2.43. The van der Waals surface area contributed by atoms with E-state index in [0.29, 0.717) is 24.4 Å². The molecule has 2 aliphatic carbocycles. The Balaban J connectivity index is 1.39. The van der Waals surface area contributed by atoms with Crippen LogP contribution in [0, 0.1) is 5.41 Å². The Hall–Kier alpha value is -1.26. The van der Waals surface area contributed by atoms with E-state index >= 15 is 0 Å². The molecule has 24 heavy (non-hydrogen) atoms. The van der Waals surface area contributed by atoms with E-state index in [1.165, 1.54) is 51.4 Å². The third-order valence-corrected chi connectivity index (χ3v) is 6.22. The van der Waals surface area contributed by atoms with Crippen molar-refractivity contribution < 1.29 is 4.79 Å². The van der Waals surface area contributed by atoms with Crippen molar-refractivity contribution in [2.45, 2.75) is 76.7 Å². The van der Waals surface area contributed by atoms with Gasteiger partial charge in [0, 0.05) is 39.1 Å². The Labute approximate surface area is 146 Å². The minimum absolute atomic E-state index is 0.176. The number of likely N-dealkylation sites (tertiary alicyclic amines) is 1. The van der Waals surface area contributed by atoms with Crippen molar-refractivity contribution in [1.82, 2.24) is 15.5 Å². The number of guanidine groups is 1. The van der Waals surface area contributed by atoms with Gasteiger partial charge in [-0.2, -0.15) is 0 Å². The molecule has 2 N–H and O–H groups in total. The van der Waals surface area contributed by atoms with Crippen molar-refractivity contribution in [2.24, 2.45) is 10.4 Å². The van der Waals surface area contributed by atoms with Gasteiger partial charge in [0.2, 0.25) is 5.91 Å². The van der Waals surface area contributed by atoms with Gasteiger partial charge in [0.15, 0.2) is 5.96 Å². The summed E-state index contributed by atoms with van der Waals surface area (Å²) in [6.07, 6.45) is 13.6. The molecular weight excluding hydrogens is 300 g/mol. The summed E-state index contributed by atoms with van der Waals surface area (Å²) in [4.78, 5) is 18.9. The number of nitrogens with zero attached hydrogens (tertiary/aromatic N) is 2. The van der Waals surface area contributed by atoms with E-state index in [1.807, 2.05) is 7.05 Å². The average Bonchev–Trinajstić information content (AvgIpc) is 3.23. The van der Waals surface area contributed by atoms with Gasteiger partial charge in [0.1, 0.15) is 0 Å². The number of nitrogens with one attached hydrogen (secondary N) is 2. The van der Waals surface area contributed by atoms with Crippen LogP contribution < -0.4 is 10.6 Å². The van der Waals surface area contributed by atoms with Gasteiger partial charge in [-0.1, -0.05) is 32.1 Å². The van der Waals surface area contributed by atoms with Crippen LogP contribution in [0.5, 0.6) is 0 Å². The lowest BCUT2D eigenvalue weighted by atomic mass is 9.73. The summed E-state index contributed by atoms with van der Waals surface area (Å²) in [6, 6.07) is 0.418. The van der Waals surface area contributed by atoms with Crippen molar-refractivity contribution in [3.05, 3.63) is 0 Å². The van der Waals surface area contributed by atoms with Crippen LogP contribution in [0.4, 0.5) is 0 Å². The molecule has 2 saturated carbocycles. The summed E-state index contributed by atoms with van der Waals surface area (Å²) in [6.45, 7) is 2.92. The van der Waals surface area contributed by atoms with E-state index in [2.05, 4.69) is 20.5 Å².